The summed E-state index contributed by atoms with van der Waals surface area (Å²) in [5.74, 6) is 0.485. The van der Waals surface area contributed by atoms with Crippen LogP contribution in [0.1, 0.15) is 35.8 Å². The first kappa shape index (κ1) is 12.3. The molecule has 2 aromatic rings. The zero-order chi connectivity index (χ0) is 13.4. The van der Waals surface area contributed by atoms with Crippen LogP contribution in [0.5, 0.6) is 0 Å². The lowest BCUT2D eigenvalue weighted by atomic mass is 10.0. The van der Waals surface area contributed by atoms with Gasteiger partial charge in [-0.05, 0) is 62.4 Å². The van der Waals surface area contributed by atoms with Gasteiger partial charge in [0.25, 0.3) is 0 Å². The van der Waals surface area contributed by atoms with Gasteiger partial charge < -0.3 is 5.43 Å². The summed E-state index contributed by atoms with van der Waals surface area (Å²) in [5, 5.41) is 0. The second-order valence-electron chi connectivity index (χ2n) is 5.45. The van der Waals surface area contributed by atoms with Crippen LogP contribution in [-0.2, 0) is 0 Å². The maximum absolute atomic E-state index is 13.0. The molecular weight excluding hydrogens is 239 g/mol. The van der Waals surface area contributed by atoms with E-state index in [4.69, 9.17) is 0 Å². The largest absolute Gasteiger partial charge is 0.318 e. The molecule has 1 atom stereocenters. The SMILES string of the molecule is Cc1ccc(C)n1NC(c1ccc(F)cc1)C1CC1. The number of benzene rings is 1. The van der Waals surface area contributed by atoms with Gasteiger partial charge in [0.15, 0.2) is 0 Å². The van der Waals surface area contributed by atoms with Crippen molar-refractivity contribution in [2.24, 2.45) is 5.92 Å². The molecule has 0 spiro atoms. The molecule has 1 fully saturated rings. The second kappa shape index (κ2) is 4.72. The normalized spacial score (nSPS) is 16.4. The molecule has 1 aromatic carbocycles. The Kier molecular flexibility index (Phi) is 3.05. The van der Waals surface area contributed by atoms with Gasteiger partial charge in [-0.25, -0.2) is 4.39 Å². The van der Waals surface area contributed by atoms with Gasteiger partial charge in [-0.3, -0.25) is 4.68 Å². The predicted molar refractivity (Wildman–Crippen MR) is 75.1 cm³/mol. The van der Waals surface area contributed by atoms with Crippen molar-refractivity contribution in [3.63, 3.8) is 0 Å². The zero-order valence-electron chi connectivity index (χ0n) is 11.4. The van der Waals surface area contributed by atoms with Crippen LogP contribution in [0.15, 0.2) is 36.4 Å². The van der Waals surface area contributed by atoms with E-state index in [9.17, 15) is 4.39 Å². The highest BCUT2D eigenvalue weighted by atomic mass is 19.1. The Labute approximate surface area is 113 Å². The Morgan fingerprint density at radius 3 is 2.16 bits per heavy atom. The molecule has 1 heterocycles. The highest BCUT2D eigenvalue weighted by Gasteiger charge is 2.32. The van der Waals surface area contributed by atoms with Gasteiger partial charge in [0.05, 0.1) is 6.04 Å². The molecule has 0 saturated heterocycles. The fraction of sp³-hybridized carbons (Fsp3) is 0.375. The molecule has 3 heteroatoms. The summed E-state index contributed by atoms with van der Waals surface area (Å²) in [6.07, 6.45) is 2.49. The summed E-state index contributed by atoms with van der Waals surface area (Å²) in [6.45, 7) is 4.18. The third-order valence-corrected chi connectivity index (χ3v) is 3.86. The molecular formula is C16H19FN2. The minimum absolute atomic E-state index is 0.174. The van der Waals surface area contributed by atoms with Crippen molar-refractivity contribution in [3.05, 3.63) is 59.2 Å². The van der Waals surface area contributed by atoms with E-state index in [2.05, 4.69) is 36.1 Å². The summed E-state index contributed by atoms with van der Waals surface area (Å²) in [7, 11) is 0. The van der Waals surface area contributed by atoms with Gasteiger partial charge in [0.1, 0.15) is 5.82 Å². The summed E-state index contributed by atoms with van der Waals surface area (Å²) in [5.41, 5.74) is 7.15. The van der Waals surface area contributed by atoms with Crippen LogP contribution >= 0.6 is 0 Å². The molecule has 100 valence electrons. The van der Waals surface area contributed by atoms with Crippen molar-refractivity contribution in [2.45, 2.75) is 32.7 Å². The van der Waals surface area contributed by atoms with Crippen molar-refractivity contribution < 1.29 is 4.39 Å². The zero-order valence-corrected chi connectivity index (χ0v) is 11.4. The lowest BCUT2D eigenvalue weighted by Gasteiger charge is -2.23. The number of nitrogens with one attached hydrogen (secondary N) is 1. The van der Waals surface area contributed by atoms with Crippen molar-refractivity contribution in [2.75, 3.05) is 5.43 Å². The maximum atomic E-state index is 13.0. The fourth-order valence-electron chi connectivity index (χ4n) is 2.56. The predicted octanol–water partition coefficient (Wildman–Crippen LogP) is 3.94. The number of aryl methyl sites for hydroxylation is 2. The minimum Gasteiger partial charge on any atom is -0.318 e. The van der Waals surface area contributed by atoms with E-state index in [1.807, 2.05) is 12.1 Å². The van der Waals surface area contributed by atoms with Crippen molar-refractivity contribution >= 4 is 0 Å². The molecule has 1 N–H and O–H groups in total. The quantitative estimate of drug-likeness (QED) is 0.879. The molecule has 1 saturated carbocycles. The molecule has 0 radical (unpaired) electrons. The van der Waals surface area contributed by atoms with Crippen molar-refractivity contribution in [1.29, 1.82) is 0 Å². The maximum Gasteiger partial charge on any atom is 0.123 e. The van der Waals surface area contributed by atoms with Gasteiger partial charge in [0.2, 0.25) is 0 Å². The smallest absolute Gasteiger partial charge is 0.123 e. The highest BCUT2D eigenvalue weighted by Crippen LogP contribution is 2.41. The van der Waals surface area contributed by atoms with E-state index in [1.165, 1.54) is 24.2 Å². The molecule has 19 heavy (non-hydrogen) atoms. The van der Waals surface area contributed by atoms with Crippen molar-refractivity contribution in [3.8, 4) is 0 Å². The average Bonchev–Trinajstić information content (AvgIpc) is 3.18. The number of nitrogens with zero attached hydrogens (tertiary/aromatic N) is 1. The van der Waals surface area contributed by atoms with Crippen molar-refractivity contribution in [1.82, 2.24) is 4.68 Å². The van der Waals surface area contributed by atoms with Crippen LogP contribution in [0.3, 0.4) is 0 Å². The van der Waals surface area contributed by atoms with Gasteiger partial charge in [-0.2, -0.15) is 0 Å². The third kappa shape index (κ3) is 2.50. The first-order chi connectivity index (χ1) is 9.15. The second-order valence-corrected chi connectivity index (χ2v) is 5.45. The lowest BCUT2D eigenvalue weighted by Crippen LogP contribution is -2.24. The number of hydrogen-bond donors (Lipinski definition) is 1. The van der Waals surface area contributed by atoms with E-state index < -0.39 is 0 Å². The van der Waals surface area contributed by atoms with Gasteiger partial charge in [-0.1, -0.05) is 12.1 Å². The van der Waals surface area contributed by atoms with Crippen LogP contribution in [0.25, 0.3) is 0 Å². The third-order valence-electron chi connectivity index (χ3n) is 3.86. The van der Waals surface area contributed by atoms with E-state index in [0.717, 1.165) is 5.56 Å². The number of hydrogen-bond acceptors (Lipinski definition) is 1. The number of halogens is 1. The Balaban J connectivity index is 1.88. The number of aromatic nitrogens is 1. The molecule has 1 aliphatic carbocycles. The Morgan fingerprint density at radius 2 is 1.63 bits per heavy atom. The standard InChI is InChI=1S/C16H19FN2/c1-11-3-4-12(2)19(11)18-16(13-5-6-13)14-7-9-15(17)10-8-14/h3-4,7-10,13,16,18H,5-6H2,1-2H3. The molecule has 0 amide bonds. The molecule has 1 aliphatic rings. The average molecular weight is 258 g/mol. The molecule has 2 nitrogen and oxygen atoms in total. The van der Waals surface area contributed by atoms with Crippen LogP contribution in [0.2, 0.25) is 0 Å². The first-order valence-corrected chi connectivity index (χ1v) is 6.82. The monoisotopic (exact) mass is 258 g/mol. The molecule has 3 rings (SSSR count). The van der Waals surface area contributed by atoms with Crippen LogP contribution in [0.4, 0.5) is 4.39 Å². The Hall–Kier alpha value is -1.77. The van der Waals surface area contributed by atoms with E-state index >= 15 is 0 Å². The number of rotatable bonds is 4. The van der Waals surface area contributed by atoms with E-state index in [1.54, 1.807) is 12.1 Å². The minimum atomic E-state index is -0.174. The van der Waals surface area contributed by atoms with Gasteiger partial charge in [-0.15, -0.1) is 0 Å². The fourth-order valence-corrected chi connectivity index (χ4v) is 2.56. The van der Waals surface area contributed by atoms with Crippen LogP contribution in [-0.4, -0.2) is 4.68 Å². The van der Waals surface area contributed by atoms with Gasteiger partial charge in [0, 0.05) is 11.4 Å². The summed E-state index contributed by atoms with van der Waals surface area (Å²) in [4.78, 5) is 0. The van der Waals surface area contributed by atoms with Gasteiger partial charge >= 0.3 is 0 Å². The topological polar surface area (TPSA) is 17.0 Å². The van der Waals surface area contributed by atoms with E-state index in [0.29, 0.717) is 5.92 Å². The molecule has 1 aromatic heterocycles. The lowest BCUT2D eigenvalue weighted by molar-refractivity contribution is 0.586. The summed E-state index contributed by atoms with van der Waals surface area (Å²) in [6, 6.07) is 11.3. The van der Waals surface area contributed by atoms with E-state index in [-0.39, 0.29) is 11.9 Å². The molecule has 0 aliphatic heterocycles. The highest BCUT2D eigenvalue weighted by molar-refractivity contribution is 5.26. The Bertz CT molecular complexity index is 547. The van der Waals surface area contributed by atoms with Crippen LogP contribution < -0.4 is 5.43 Å². The summed E-state index contributed by atoms with van der Waals surface area (Å²) < 4.78 is 15.2. The molecule has 0 bridgehead atoms. The summed E-state index contributed by atoms with van der Waals surface area (Å²) >= 11 is 0. The Morgan fingerprint density at radius 1 is 1.05 bits per heavy atom. The first-order valence-electron chi connectivity index (χ1n) is 6.82. The van der Waals surface area contributed by atoms with Crippen LogP contribution in [0, 0.1) is 25.6 Å². The molecule has 1 unspecified atom stereocenters.